The molecular formula is C16H12ClF2N3O3S. The predicted octanol–water partition coefficient (Wildman–Crippen LogP) is 3.71. The highest BCUT2D eigenvalue weighted by Gasteiger charge is 2.24. The topological polar surface area (TPSA) is 85.1 Å². The van der Waals surface area contributed by atoms with Gasteiger partial charge in [0.15, 0.2) is 0 Å². The van der Waals surface area contributed by atoms with Crippen LogP contribution in [0.1, 0.15) is 18.9 Å². The number of halogens is 3. The maximum atomic E-state index is 13.1. The summed E-state index contributed by atoms with van der Waals surface area (Å²) in [4.78, 5) is 3.83. The molecule has 0 aliphatic heterocycles. The zero-order valence-electron chi connectivity index (χ0n) is 13.3. The molecule has 0 radical (unpaired) electrons. The van der Waals surface area contributed by atoms with Gasteiger partial charge in [0, 0.05) is 5.56 Å². The quantitative estimate of drug-likeness (QED) is 0.707. The third-order valence-corrected chi connectivity index (χ3v) is 5.45. The van der Waals surface area contributed by atoms with Gasteiger partial charge in [-0.2, -0.15) is 9.71 Å². The van der Waals surface area contributed by atoms with Crippen LogP contribution < -0.4 is 4.72 Å². The third-order valence-electron chi connectivity index (χ3n) is 3.43. The van der Waals surface area contributed by atoms with Crippen molar-refractivity contribution in [3.05, 3.63) is 65.0 Å². The van der Waals surface area contributed by atoms with Crippen LogP contribution in [-0.4, -0.2) is 18.6 Å². The first-order valence-electron chi connectivity index (χ1n) is 7.33. The second-order valence-corrected chi connectivity index (χ2v) is 7.47. The summed E-state index contributed by atoms with van der Waals surface area (Å²) in [5.41, 5.74) is 0.512. The summed E-state index contributed by atoms with van der Waals surface area (Å²) in [6.45, 7) is 1.50. The second-order valence-electron chi connectivity index (χ2n) is 5.38. The Morgan fingerprint density at radius 1 is 1.12 bits per heavy atom. The molecule has 0 aliphatic carbocycles. The van der Waals surface area contributed by atoms with Gasteiger partial charge in [0.05, 0.1) is 11.1 Å². The minimum Gasteiger partial charge on any atom is -0.337 e. The van der Waals surface area contributed by atoms with E-state index in [-0.39, 0.29) is 21.6 Å². The molecule has 26 heavy (non-hydrogen) atoms. The van der Waals surface area contributed by atoms with Crippen molar-refractivity contribution in [1.29, 1.82) is 0 Å². The lowest BCUT2D eigenvalue weighted by molar-refractivity contribution is 0.354. The molecule has 0 saturated carbocycles. The molecule has 136 valence electrons. The predicted molar refractivity (Wildman–Crippen MR) is 89.8 cm³/mol. The highest BCUT2D eigenvalue weighted by Crippen LogP contribution is 2.25. The van der Waals surface area contributed by atoms with Crippen molar-refractivity contribution in [2.45, 2.75) is 17.9 Å². The lowest BCUT2D eigenvalue weighted by Crippen LogP contribution is -2.27. The lowest BCUT2D eigenvalue weighted by Gasteiger charge is -2.11. The van der Waals surface area contributed by atoms with Crippen LogP contribution in [0.4, 0.5) is 8.78 Å². The van der Waals surface area contributed by atoms with Gasteiger partial charge in [-0.05, 0) is 49.4 Å². The highest BCUT2D eigenvalue weighted by molar-refractivity contribution is 7.89. The average Bonchev–Trinajstić information content (AvgIpc) is 3.05. The molecule has 6 nitrogen and oxygen atoms in total. The Morgan fingerprint density at radius 2 is 1.77 bits per heavy atom. The standard InChI is InChI=1S/C16H12ClF2N3O3S/c1-9(22-26(23,24)14-7-6-12(19)8-13(14)17)16-20-15(21-25-16)10-2-4-11(18)5-3-10/h2-9,22H,1H3. The molecule has 1 unspecified atom stereocenters. The van der Waals surface area contributed by atoms with Gasteiger partial charge in [-0.15, -0.1) is 0 Å². The molecule has 3 aromatic rings. The Morgan fingerprint density at radius 3 is 2.42 bits per heavy atom. The van der Waals surface area contributed by atoms with E-state index >= 15 is 0 Å². The Labute approximate surface area is 152 Å². The van der Waals surface area contributed by atoms with Crippen LogP contribution in [0.2, 0.25) is 5.02 Å². The highest BCUT2D eigenvalue weighted by atomic mass is 35.5. The fourth-order valence-corrected chi connectivity index (χ4v) is 3.90. The summed E-state index contributed by atoms with van der Waals surface area (Å²) in [5, 5.41) is 3.50. The summed E-state index contributed by atoms with van der Waals surface area (Å²) in [6, 6.07) is 7.51. The van der Waals surface area contributed by atoms with Crippen molar-refractivity contribution < 1.29 is 21.7 Å². The first-order valence-corrected chi connectivity index (χ1v) is 9.19. The third kappa shape index (κ3) is 3.90. The molecule has 0 aliphatic rings. The van der Waals surface area contributed by atoms with Crippen molar-refractivity contribution >= 4 is 21.6 Å². The molecule has 0 fully saturated rings. The molecule has 2 aromatic carbocycles. The van der Waals surface area contributed by atoms with E-state index < -0.39 is 27.7 Å². The molecule has 0 spiro atoms. The maximum Gasteiger partial charge on any atom is 0.244 e. The van der Waals surface area contributed by atoms with Crippen LogP contribution in [0.15, 0.2) is 51.9 Å². The van der Waals surface area contributed by atoms with Crippen molar-refractivity contribution in [1.82, 2.24) is 14.9 Å². The fourth-order valence-electron chi connectivity index (χ4n) is 2.17. The van der Waals surface area contributed by atoms with Gasteiger partial charge in [0.1, 0.15) is 16.5 Å². The van der Waals surface area contributed by atoms with E-state index in [4.69, 9.17) is 16.1 Å². The van der Waals surface area contributed by atoms with E-state index in [1.165, 1.54) is 31.2 Å². The fraction of sp³-hybridized carbons (Fsp3) is 0.125. The van der Waals surface area contributed by atoms with Crippen LogP contribution in [0.3, 0.4) is 0 Å². The van der Waals surface area contributed by atoms with Gasteiger partial charge >= 0.3 is 0 Å². The number of nitrogens with zero attached hydrogens (tertiary/aromatic N) is 2. The zero-order valence-corrected chi connectivity index (χ0v) is 14.9. The summed E-state index contributed by atoms with van der Waals surface area (Å²) in [7, 11) is -4.04. The van der Waals surface area contributed by atoms with Crippen LogP contribution in [0.25, 0.3) is 11.4 Å². The number of rotatable bonds is 5. The monoisotopic (exact) mass is 399 g/mol. The Balaban J connectivity index is 1.81. The molecular weight excluding hydrogens is 388 g/mol. The average molecular weight is 400 g/mol. The van der Waals surface area contributed by atoms with E-state index in [9.17, 15) is 17.2 Å². The van der Waals surface area contributed by atoms with Crippen molar-refractivity contribution in [3.63, 3.8) is 0 Å². The van der Waals surface area contributed by atoms with Crippen LogP contribution in [0.5, 0.6) is 0 Å². The molecule has 3 rings (SSSR count). The molecule has 1 atom stereocenters. The summed E-state index contributed by atoms with van der Waals surface area (Å²) < 4.78 is 58.3. The first kappa shape index (κ1) is 18.4. The van der Waals surface area contributed by atoms with Crippen molar-refractivity contribution in [3.8, 4) is 11.4 Å². The number of hydrogen-bond donors (Lipinski definition) is 1. The summed E-state index contributed by atoms with van der Waals surface area (Å²) in [5.74, 6) is -0.866. The smallest absolute Gasteiger partial charge is 0.244 e. The van der Waals surface area contributed by atoms with Crippen LogP contribution in [0, 0.1) is 11.6 Å². The van der Waals surface area contributed by atoms with Crippen molar-refractivity contribution in [2.24, 2.45) is 0 Å². The molecule has 0 bridgehead atoms. The zero-order chi connectivity index (χ0) is 18.9. The minimum absolute atomic E-state index is 0.00568. The number of hydrogen-bond acceptors (Lipinski definition) is 5. The number of nitrogens with one attached hydrogen (secondary N) is 1. The van der Waals surface area contributed by atoms with Gasteiger partial charge in [-0.25, -0.2) is 17.2 Å². The number of aromatic nitrogens is 2. The van der Waals surface area contributed by atoms with Gasteiger partial charge in [-0.1, -0.05) is 16.8 Å². The molecule has 1 aromatic heterocycles. The SMILES string of the molecule is CC(NS(=O)(=O)c1ccc(F)cc1Cl)c1nc(-c2ccc(F)cc2)no1. The van der Waals surface area contributed by atoms with E-state index in [0.717, 1.165) is 18.2 Å². The van der Waals surface area contributed by atoms with Crippen LogP contribution in [-0.2, 0) is 10.0 Å². The van der Waals surface area contributed by atoms with Gasteiger partial charge in [0.2, 0.25) is 21.7 Å². The summed E-state index contributed by atoms with van der Waals surface area (Å²) >= 11 is 5.80. The first-order chi connectivity index (χ1) is 12.3. The Bertz CT molecular complexity index is 1040. The maximum absolute atomic E-state index is 13.1. The van der Waals surface area contributed by atoms with Crippen molar-refractivity contribution in [2.75, 3.05) is 0 Å². The summed E-state index contributed by atoms with van der Waals surface area (Å²) in [6.07, 6.45) is 0. The molecule has 0 amide bonds. The largest absolute Gasteiger partial charge is 0.337 e. The van der Waals surface area contributed by atoms with Gasteiger partial charge in [0.25, 0.3) is 0 Å². The minimum atomic E-state index is -4.04. The lowest BCUT2D eigenvalue weighted by atomic mass is 10.2. The van der Waals surface area contributed by atoms with E-state index in [2.05, 4.69) is 14.9 Å². The molecule has 1 N–H and O–H groups in total. The normalized spacial score (nSPS) is 12.9. The molecule has 0 saturated heterocycles. The van der Waals surface area contributed by atoms with E-state index in [0.29, 0.717) is 5.56 Å². The molecule has 1 heterocycles. The Hall–Kier alpha value is -2.36. The van der Waals surface area contributed by atoms with Gasteiger partial charge < -0.3 is 4.52 Å². The van der Waals surface area contributed by atoms with Crippen LogP contribution >= 0.6 is 11.6 Å². The second kappa shape index (κ2) is 7.10. The van der Waals surface area contributed by atoms with Gasteiger partial charge in [-0.3, -0.25) is 0 Å². The molecule has 10 heteroatoms. The number of sulfonamides is 1. The number of benzene rings is 2. The van der Waals surface area contributed by atoms with E-state index in [1.807, 2.05) is 0 Å². The Kier molecular flexibility index (Phi) is 5.03. The van der Waals surface area contributed by atoms with E-state index in [1.54, 1.807) is 0 Å².